The zero-order valence-electron chi connectivity index (χ0n) is 11.2. The number of carbonyl (C=O) groups excluding carboxylic acids is 1. The molecular weight excluding hydrogens is 276 g/mol. The van der Waals surface area contributed by atoms with Gasteiger partial charge in [0.05, 0.1) is 5.75 Å². The van der Waals surface area contributed by atoms with Crippen molar-refractivity contribution < 1.29 is 13.2 Å². The van der Waals surface area contributed by atoms with Crippen LogP contribution >= 0.6 is 11.6 Å². The summed E-state index contributed by atoms with van der Waals surface area (Å²) in [7, 11) is -3.33. The third-order valence-corrected chi connectivity index (χ3v) is 4.33. The van der Waals surface area contributed by atoms with Gasteiger partial charge < -0.3 is 5.32 Å². The van der Waals surface area contributed by atoms with Crippen LogP contribution in [0.2, 0.25) is 0 Å². The lowest BCUT2D eigenvalue weighted by Crippen LogP contribution is -2.34. The van der Waals surface area contributed by atoms with E-state index in [0.29, 0.717) is 18.3 Å². The summed E-state index contributed by atoms with van der Waals surface area (Å²) < 4.78 is 25.5. The van der Waals surface area contributed by atoms with Gasteiger partial charge in [0.2, 0.25) is 15.9 Å². The average Bonchev–Trinajstić information content (AvgIpc) is 2.25. The Bertz CT molecular complexity index is 344. The first kappa shape index (κ1) is 17.7. The molecule has 0 fully saturated rings. The molecule has 1 unspecified atom stereocenters. The van der Waals surface area contributed by atoms with E-state index in [4.69, 9.17) is 11.6 Å². The summed E-state index contributed by atoms with van der Waals surface area (Å²) in [4.78, 5) is 11.3. The summed E-state index contributed by atoms with van der Waals surface area (Å²) in [6, 6.07) is 0. The largest absolute Gasteiger partial charge is 0.356 e. The quantitative estimate of drug-likeness (QED) is 0.622. The fourth-order valence-electron chi connectivity index (χ4n) is 1.20. The Kier molecular flexibility index (Phi) is 8.56. The fraction of sp³-hybridized carbons (Fsp3) is 0.909. The minimum Gasteiger partial charge on any atom is -0.356 e. The first-order valence-electron chi connectivity index (χ1n) is 6.06. The summed E-state index contributed by atoms with van der Waals surface area (Å²) in [5.74, 6) is 0.436. The lowest BCUT2D eigenvalue weighted by molar-refractivity contribution is -0.121. The Hall–Kier alpha value is -0.330. The highest BCUT2D eigenvalue weighted by Crippen LogP contribution is 2.01. The zero-order valence-corrected chi connectivity index (χ0v) is 12.8. The molecule has 0 saturated heterocycles. The molecule has 0 radical (unpaired) electrons. The summed E-state index contributed by atoms with van der Waals surface area (Å²) >= 11 is 5.56. The van der Waals surface area contributed by atoms with Gasteiger partial charge in [-0.3, -0.25) is 4.79 Å². The smallest absolute Gasteiger partial charge is 0.221 e. The maximum Gasteiger partial charge on any atom is 0.221 e. The van der Waals surface area contributed by atoms with Crippen molar-refractivity contribution in [3.63, 3.8) is 0 Å². The van der Waals surface area contributed by atoms with Crippen LogP contribution in [0.4, 0.5) is 0 Å². The van der Waals surface area contributed by atoms with Gasteiger partial charge >= 0.3 is 0 Å². The van der Waals surface area contributed by atoms with Crippen molar-refractivity contribution in [2.45, 2.75) is 27.2 Å². The second-order valence-electron chi connectivity index (χ2n) is 4.88. The normalized spacial score (nSPS) is 13.6. The van der Waals surface area contributed by atoms with E-state index < -0.39 is 10.0 Å². The number of halogens is 1. The van der Waals surface area contributed by atoms with Crippen LogP contribution in [-0.2, 0) is 14.8 Å². The third kappa shape index (κ3) is 9.67. The summed E-state index contributed by atoms with van der Waals surface area (Å²) in [5.41, 5.74) is 0. The molecule has 0 aromatic rings. The van der Waals surface area contributed by atoms with E-state index in [-0.39, 0.29) is 30.5 Å². The van der Waals surface area contributed by atoms with E-state index in [1.165, 1.54) is 0 Å². The van der Waals surface area contributed by atoms with Crippen molar-refractivity contribution in [1.82, 2.24) is 10.0 Å². The molecular formula is C11H23ClN2O3S. The molecule has 0 bridgehead atoms. The SMILES string of the molecule is CC(C)CNC(=O)CCNS(=O)(=O)CC(C)CCl. The van der Waals surface area contributed by atoms with Crippen molar-refractivity contribution >= 4 is 27.5 Å². The number of carbonyl (C=O) groups is 1. The number of sulfonamides is 1. The molecule has 0 aliphatic rings. The molecule has 0 rings (SSSR count). The van der Waals surface area contributed by atoms with Gasteiger partial charge in [0.1, 0.15) is 0 Å². The summed E-state index contributed by atoms with van der Waals surface area (Å²) in [6.45, 7) is 6.49. The maximum absolute atomic E-state index is 11.5. The molecule has 0 saturated carbocycles. The van der Waals surface area contributed by atoms with Gasteiger partial charge in [-0.15, -0.1) is 11.6 Å². The minimum absolute atomic E-state index is 0.00981. The van der Waals surface area contributed by atoms with E-state index in [2.05, 4.69) is 10.0 Å². The summed E-state index contributed by atoms with van der Waals surface area (Å²) in [5, 5.41) is 2.73. The van der Waals surface area contributed by atoms with Crippen LogP contribution < -0.4 is 10.0 Å². The van der Waals surface area contributed by atoms with Gasteiger partial charge in [-0.2, -0.15) is 0 Å². The second-order valence-corrected chi connectivity index (χ2v) is 7.04. The molecule has 0 heterocycles. The summed E-state index contributed by atoms with van der Waals surface area (Å²) in [6.07, 6.45) is 0.154. The first-order valence-corrected chi connectivity index (χ1v) is 8.25. The van der Waals surface area contributed by atoms with Crippen LogP contribution in [0, 0.1) is 11.8 Å². The molecule has 1 atom stereocenters. The van der Waals surface area contributed by atoms with E-state index in [1.54, 1.807) is 6.92 Å². The molecule has 0 spiro atoms. The molecule has 108 valence electrons. The number of rotatable bonds is 9. The van der Waals surface area contributed by atoms with Crippen LogP contribution in [0.5, 0.6) is 0 Å². The zero-order chi connectivity index (χ0) is 14.2. The van der Waals surface area contributed by atoms with Crippen LogP contribution in [0.25, 0.3) is 0 Å². The number of nitrogens with one attached hydrogen (secondary N) is 2. The van der Waals surface area contributed by atoms with Crippen LogP contribution in [-0.4, -0.2) is 39.0 Å². The minimum atomic E-state index is -3.33. The van der Waals surface area contributed by atoms with Crippen molar-refractivity contribution in [1.29, 1.82) is 0 Å². The molecule has 0 aromatic carbocycles. The van der Waals surface area contributed by atoms with E-state index in [9.17, 15) is 13.2 Å². The van der Waals surface area contributed by atoms with E-state index in [1.807, 2.05) is 13.8 Å². The predicted octanol–water partition coefficient (Wildman–Crippen LogP) is 0.943. The molecule has 5 nitrogen and oxygen atoms in total. The molecule has 1 amide bonds. The third-order valence-electron chi connectivity index (χ3n) is 2.15. The Labute approximate surface area is 115 Å². The van der Waals surface area contributed by atoms with Crippen molar-refractivity contribution in [3.8, 4) is 0 Å². The van der Waals surface area contributed by atoms with Gasteiger partial charge in [-0.05, 0) is 11.8 Å². The van der Waals surface area contributed by atoms with Crippen molar-refractivity contribution in [3.05, 3.63) is 0 Å². The van der Waals surface area contributed by atoms with Gasteiger partial charge in [-0.1, -0.05) is 20.8 Å². The Morgan fingerprint density at radius 3 is 2.39 bits per heavy atom. The number of hydrogen-bond acceptors (Lipinski definition) is 3. The topological polar surface area (TPSA) is 75.3 Å². The van der Waals surface area contributed by atoms with Crippen LogP contribution in [0.1, 0.15) is 27.2 Å². The molecule has 7 heteroatoms. The Balaban J connectivity index is 3.86. The van der Waals surface area contributed by atoms with Crippen LogP contribution in [0.15, 0.2) is 0 Å². The highest BCUT2D eigenvalue weighted by atomic mass is 35.5. The van der Waals surface area contributed by atoms with E-state index >= 15 is 0 Å². The molecule has 0 aromatic heterocycles. The molecule has 0 aliphatic carbocycles. The van der Waals surface area contributed by atoms with Crippen LogP contribution in [0.3, 0.4) is 0 Å². The van der Waals surface area contributed by atoms with Gasteiger partial charge in [0, 0.05) is 25.4 Å². The maximum atomic E-state index is 11.5. The highest BCUT2D eigenvalue weighted by molar-refractivity contribution is 7.89. The number of alkyl halides is 1. The second kappa shape index (κ2) is 8.72. The lowest BCUT2D eigenvalue weighted by Gasteiger charge is -2.10. The first-order chi connectivity index (χ1) is 8.26. The van der Waals surface area contributed by atoms with Gasteiger partial charge in [0.25, 0.3) is 0 Å². The fourth-order valence-corrected chi connectivity index (χ4v) is 2.84. The molecule has 18 heavy (non-hydrogen) atoms. The average molecular weight is 299 g/mol. The van der Waals surface area contributed by atoms with E-state index in [0.717, 1.165) is 0 Å². The molecule has 0 aliphatic heterocycles. The van der Waals surface area contributed by atoms with Gasteiger partial charge in [0.15, 0.2) is 0 Å². The predicted molar refractivity (Wildman–Crippen MR) is 74.1 cm³/mol. The Morgan fingerprint density at radius 1 is 1.28 bits per heavy atom. The van der Waals surface area contributed by atoms with Crippen molar-refractivity contribution in [2.24, 2.45) is 11.8 Å². The number of hydrogen-bond donors (Lipinski definition) is 2. The highest BCUT2D eigenvalue weighted by Gasteiger charge is 2.15. The Morgan fingerprint density at radius 2 is 1.89 bits per heavy atom. The standard InChI is InChI=1S/C11H23ClN2O3S/c1-9(2)7-13-11(15)4-5-14-18(16,17)8-10(3)6-12/h9-10,14H,4-8H2,1-3H3,(H,13,15). The van der Waals surface area contributed by atoms with Crippen molar-refractivity contribution in [2.75, 3.05) is 24.7 Å². The number of amides is 1. The molecule has 2 N–H and O–H groups in total. The van der Waals surface area contributed by atoms with Gasteiger partial charge in [-0.25, -0.2) is 13.1 Å². The monoisotopic (exact) mass is 298 g/mol. The lowest BCUT2D eigenvalue weighted by atomic mass is 10.2.